The second-order valence-corrected chi connectivity index (χ2v) is 9.45. The summed E-state index contributed by atoms with van der Waals surface area (Å²) in [5.41, 5.74) is -0.282. The number of halogens is 3. The van der Waals surface area contributed by atoms with Crippen LogP contribution in [0.25, 0.3) is 0 Å². The molecule has 214 valence electrons. The van der Waals surface area contributed by atoms with Crippen LogP contribution in [-0.4, -0.2) is 58.3 Å². The van der Waals surface area contributed by atoms with Crippen LogP contribution in [0.1, 0.15) is 23.6 Å². The Bertz CT molecular complexity index is 1300. The highest BCUT2D eigenvalue weighted by Crippen LogP contribution is 2.40. The SMILES string of the molecule is COc1ccc(CN(Cc2ccc(OC)cc2OC)C2=N[C@](C)(c3ccccc3F)[C@@H](F)[C@@H](CF)O2)c(OC)c1. The molecule has 4 rings (SSSR count). The fourth-order valence-electron chi connectivity index (χ4n) is 4.75. The lowest BCUT2D eigenvalue weighted by Gasteiger charge is -2.41. The van der Waals surface area contributed by atoms with Crippen molar-refractivity contribution in [2.75, 3.05) is 35.1 Å². The molecular weight excluding hydrogens is 525 g/mol. The predicted octanol–water partition coefficient (Wildman–Crippen LogP) is 5.84. The first-order valence-corrected chi connectivity index (χ1v) is 12.7. The zero-order chi connectivity index (χ0) is 28.9. The number of alkyl halides is 2. The van der Waals surface area contributed by atoms with E-state index in [4.69, 9.17) is 23.7 Å². The molecule has 10 heteroatoms. The van der Waals surface area contributed by atoms with Gasteiger partial charge in [0.25, 0.3) is 6.02 Å². The Balaban J connectivity index is 1.84. The molecule has 3 aromatic carbocycles. The van der Waals surface area contributed by atoms with Crippen molar-refractivity contribution in [3.8, 4) is 23.0 Å². The molecule has 0 fully saturated rings. The van der Waals surface area contributed by atoms with Gasteiger partial charge in [0.2, 0.25) is 0 Å². The summed E-state index contributed by atoms with van der Waals surface area (Å²) in [7, 11) is 6.17. The van der Waals surface area contributed by atoms with E-state index in [-0.39, 0.29) is 24.7 Å². The first kappa shape index (κ1) is 28.9. The fraction of sp³-hybridized carbons (Fsp3) is 0.367. The molecule has 0 spiro atoms. The van der Waals surface area contributed by atoms with Gasteiger partial charge in [-0.2, -0.15) is 0 Å². The number of hydrogen-bond donors (Lipinski definition) is 0. The molecule has 0 radical (unpaired) electrons. The largest absolute Gasteiger partial charge is 0.497 e. The Labute approximate surface area is 232 Å². The highest BCUT2D eigenvalue weighted by molar-refractivity contribution is 5.76. The number of benzene rings is 3. The Morgan fingerprint density at radius 2 is 1.40 bits per heavy atom. The quantitative estimate of drug-likeness (QED) is 0.312. The summed E-state index contributed by atoms with van der Waals surface area (Å²) in [4.78, 5) is 6.31. The van der Waals surface area contributed by atoms with Crippen molar-refractivity contribution in [2.24, 2.45) is 4.99 Å². The number of aliphatic imine (C=N–C) groups is 1. The van der Waals surface area contributed by atoms with Gasteiger partial charge in [-0.05, 0) is 37.3 Å². The summed E-state index contributed by atoms with van der Waals surface area (Å²) in [6.07, 6.45) is -3.44. The predicted molar refractivity (Wildman–Crippen MR) is 145 cm³/mol. The second-order valence-electron chi connectivity index (χ2n) is 9.45. The lowest BCUT2D eigenvalue weighted by Crippen LogP contribution is -2.52. The van der Waals surface area contributed by atoms with Crippen molar-refractivity contribution in [1.29, 1.82) is 0 Å². The Morgan fingerprint density at radius 1 is 0.850 bits per heavy atom. The summed E-state index contributed by atoms with van der Waals surface area (Å²) in [5, 5.41) is 0. The van der Waals surface area contributed by atoms with Crippen LogP contribution < -0.4 is 18.9 Å². The van der Waals surface area contributed by atoms with Gasteiger partial charge in [-0.3, -0.25) is 0 Å². The summed E-state index contributed by atoms with van der Waals surface area (Å²) < 4.78 is 72.5. The number of methoxy groups -OCH3 is 4. The summed E-state index contributed by atoms with van der Waals surface area (Å²) in [6.45, 7) is 0.659. The first-order valence-electron chi connectivity index (χ1n) is 12.7. The van der Waals surface area contributed by atoms with Gasteiger partial charge in [0, 0.05) is 28.8 Å². The summed E-state index contributed by atoms with van der Waals surface area (Å²) in [6, 6.07) is 16.4. The molecule has 1 heterocycles. The molecule has 0 saturated carbocycles. The standard InChI is InChI=1S/C30H33F3N2O5/c1-30(23-8-6-7-9-24(23)32)28(33)27(16-31)40-29(34-30)35(17-19-10-12-21(36-2)14-25(19)38-4)18-20-11-13-22(37-3)15-26(20)39-5/h6-15,27-28H,16-18H2,1-5H3/t27-,28+,30-/m1/s1. The maximum atomic E-state index is 15.7. The smallest absolute Gasteiger partial charge is 0.289 e. The Hall–Kier alpha value is -4.08. The van der Waals surface area contributed by atoms with Gasteiger partial charge in [-0.15, -0.1) is 0 Å². The van der Waals surface area contributed by atoms with Gasteiger partial charge in [-0.25, -0.2) is 18.2 Å². The molecule has 0 N–H and O–H groups in total. The van der Waals surface area contributed by atoms with Gasteiger partial charge in [0.05, 0.1) is 41.5 Å². The Morgan fingerprint density at radius 3 is 1.88 bits per heavy atom. The normalized spacial score (nSPS) is 20.2. The van der Waals surface area contributed by atoms with E-state index in [1.54, 1.807) is 49.5 Å². The van der Waals surface area contributed by atoms with Gasteiger partial charge in [0.15, 0.2) is 12.3 Å². The van der Waals surface area contributed by atoms with E-state index in [2.05, 4.69) is 4.99 Å². The molecule has 0 aliphatic carbocycles. The minimum Gasteiger partial charge on any atom is -0.497 e. The molecule has 40 heavy (non-hydrogen) atoms. The molecule has 1 aliphatic rings. The third-order valence-corrected chi connectivity index (χ3v) is 7.00. The molecule has 3 aromatic rings. The molecular formula is C30H33F3N2O5. The lowest BCUT2D eigenvalue weighted by atomic mass is 9.84. The molecule has 0 bridgehead atoms. The minimum absolute atomic E-state index is 0.00533. The fourth-order valence-corrected chi connectivity index (χ4v) is 4.75. The van der Waals surface area contributed by atoms with E-state index in [0.717, 1.165) is 11.1 Å². The number of hydrogen-bond acceptors (Lipinski definition) is 7. The van der Waals surface area contributed by atoms with Crippen LogP contribution in [0.4, 0.5) is 13.2 Å². The Kier molecular flexibility index (Phi) is 8.96. The van der Waals surface area contributed by atoms with Crippen LogP contribution in [0.15, 0.2) is 65.7 Å². The highest BCUT2D eigenvalue weighted by atomic mass is 19.1. The minimum atomic E-state index is -1.94. The highest BCUT2D eigenvalue weighted by Gasteiger charge is 2.49. The summed E-state index contributed by atoms with van der Waals surface area (Å²) in [5.74, 6) is 1.62. The van der Waals surface area contributed by atoms with E-state index in [1.165, 1.54) is 39.3 Å². The molecule has 0 saturated heterocycles. The van der Waals surface area contributed by atoms with Crippen molar-refractivity contribution in [3.05, 3.63) is 83.2 Å². The van der Waals surface area contributed by atoms with E-state index in [0.29, 0.717) is 23.0 Å². The van der Waals surface area contributed by atoms with Crippen molar-refractivity contribution >= 4 is 6.02 Å². The topological polar surface area (TPSA) is 61.8 Å². The molecule has 0 aromatic heterocycles. The number of rotatable bonds is 10. The second kappa shape index (κ2) is 12.4. The first-order chi connectivity index (χ1) is 19.3. The van der Waals surface area contributed by atoms with Crippen molar-refractivity contribution in [2.45, 2.75) is 37.8 Å². The lowest BCUT2D eigenvalue weighted by molar-refractivity contribution is -0.0102. The van der Waals surface area contributed by atoms with Gasteiger partial charge < -0.3 is 28.6 Å². The van der Waals surface area contributed by atoms with Gasteiger partial charge in [0.1, 0.15) is 41.0 Å². The maximum absolute atomic E-state index is 15.7. The van der Waals surface area contributed by atoms with E-state index in [9.17, 15) is 8.78 Å². The summed E-state index contributed by atoms with van der Waals surface area (Å²) >= 11 is 0. The van der Waals surface area contributed by atoms with Crippen LogP contribution in [-0.2, 0) is 23.4 Å². The van der Waals surface area contributed by atoms with Crippen LogP contribution in [0.3, 0.4) is 0 Å². The molecule has 0 amide bonds. The van der Waals surface area contributed by atoms with Crippen molar-refractivity contribution < 1.29 is 36.9 Å². The monoisotopic (exact) mass is 558 g/mol. The average molecular weight is 559 g/mol. The van der Waals surface area contributed by atoms with Crippen molar-refractivity contribution in [3.63, 3.8) is 0 Å². The zero-order valence-electron chi connectivity index (χ0n) is 23.1. The van der Waals surface area contributed by atoms with E-state index < -0.39 is 30.3 Å². The van der Waals surface area contributed by atoms with Crippen LogP contribution in [0.2, 0.25) is 0 Å². The number of amidine groups is 1. The number of ether oxygens (including phenoxy) is 5. The van der Waals surface area contributed by atoms with Crippen LogP contribution in [0.5, 0.6) is 23.0 Å². The van der Waals surface area contributed by atoms with E-state index in [1.807, 2.05) is 12.1 Å². The molecule has 1 aliphatic heterocycles. The van der Waals surface area contributed by atoms with Gasteiger partial charge in [-0.1, -0.05) is 18.2 Å². The molecule has 3 atom stereocenters. The maximum Gasteiger partial charge on any atom is 0.289 e. The molecule has 0 unspecified atom stereocenters. The number of nitrogens with zero attached hydrogens (tertiary/aromatic N) is 2. The average Bonchev–Trinajstić information content (AvgIpc) is 2.98. The van der Waals surface area contributed by atoms with Crippen LogP contribution in [0, 0.1) is 5.82 Å². The zero-order valence-corrected chi connectivity index (χ0v) is 23.1. The van der Waals surface area contributed by atoms with E-state index >= 15 is 4.39 Å². The molecule has 7 nitrogen and oxygen atoms in total. The van der Waals surface area contributed by atoms with Gasteiger partial charge >= 0.3 is 0 Å². The van der Waals surface area contributed by atoms with Crippen molar-refractivity contribution in [1.82, 2.24) is 4.90 Å². The third-order valence-electron chi connectivity index (χ3n) is 7.00. The third kappa shape index (κ3) is 5.76. The van der Waals surface area contributed by atoms with Crippen LogP contribution >= 0.6 is 0 Å².